The van der Waals surface area contributed by atoms with Crippen LogP contribution in [0.1, 0.15) is 32.6 Å². The summed E-state index contributed by atoms with van der Waals surface area (Å²) in [6.45, 7) is 1.68. The van der Waals surface area contributed by atoms with E-state index in [2.05, 4.69) is 16.1 Å². The number of carbonyl (C=O) groups is 1. The molecule has 2 aliphatic rings. The van der Waals surface area contributed by atoms with Crippen molar-refractivity contribution in [3.63, 3.8) is 0 Å². The first-order valence-electron chi connectivity index (χ1n) is 8.67. The van der Waals surface area contributed by atoms with Gasteiger partial charge in [-0.15, -0.1) is 4.72 Å². The van der Waals surface area contributed by atoms with Crippen molar-refractivity contribution in [2.24, 2.45) is 0 Å². The summed E-state index contributed by atoms with van der Waals surface area (Å²) in [4.78, 5) is 11.3. The van der Waals surface area contributed by atoms with Crippen molar-refractivity contribution < 1.29 is 24.1 Å². The number of rotatable bonds is 5. The zero-order valence-corrected chi connectivity index (χ0v) is 15.3. The van der Waals surface area contributed by atoms with E-state index in [4.69, 9.17) is 4.65 Å². The molecule has 4 rings (SSSR count). The van der Waals surface area contributed by atoms with E-state index in [1.807, 2.05) is 12.1 Å². The molecule has 0 fully saturated rings. The van der Waals surface area contributed by atoms with Gasteiger partial charge >= 0.3 is 13.1 Å². The summed E-state index contributed by atoms with van der Waals surface area (Å²) in [6, 6.07) is 10.9. The standard InChI is InChI=1S/C18H19BN2O5S/c22-18(23)15-3-1-2-12-7-16(19(24)26-17(12)15)21-27(25)10-11-4-5-13-8-20-9-14(13)6-11/h1-6,16,20-21,24H,7-10H2,(H,22,23). The van der Waals surface area contributed by atoms with E-state index in [1.54, 1.807) is 12.1 Å². The molecule has 2 aromatic carbocycles. The Balaban J connectivity index is 1.43. The molecule has 2 unspecified atom stereocenters. The lowest BCUT2D eigenvalue weighted by Gasteiger charge is -2.28. The van der Waals surface area contributed by atoms with E-state index in [0.717, 1.165) is 18.7 Å². The van der Waals surface area contributed by atoms with Crippen LogP contribution in [-0.2, 0) is 36.6 Å². The van der Waals surface area contributed by atoms with Gasteiger partial charge in [-0.25, -0.2) is 4.79 Å². The molecule has 0 amide bonds. The first-order valence-corrected chi connectivity index (χ1v) is 9.99. The predicted molar refractivity (Wildman–Crippen MR) is 101 cm³/mol. The summed E-state index contributed by atoms with van der Waals surface area (Å²) >= 11 is -1.40. The number of benzene rings is 2. The van der Waals surface area contributed by atoms with Crippen molar-refractivity contribution in [2.45, 2.75) is 31.2 Å². The third-order valence-corrected chi connectivity index (χ3v) is 5.99. The van der Waals surface area contributed by atoms with Crippen molar-refractivity contribution >= 4 is 24.4 Å². The summed E-state index contributed by atoms with van der Waals surface area (Å²) < 4.78 is 20.9. The highest BCUT2D eigenvalue weighted by Crippen LogP contribution is 2.30. The van der Waals surface area contributed by atoms with E-state index >= 15 is 0 Å². The van der Waals surface area contributed by atoms with Crippen LogP contribution in [-0.4, -0.2) is 33.7 Å². The molecule has 2 aromatic rings. The zero-order valence-electron chi connectivity index (χ0n) is 14.5. The predicted octanol–water partition coefficient (Wildman–Crippen LogP) is 0.765. The Bertz CT molecular complexity index is 881. The highest BCUT2D eigenvalue weighted by Gasteiger charge is 2.39. The van der Waals surface area contributed by atoms with Gasteiger partial charge in [0.05, 0.1) is 5.56 Å². The Morgan fingerprint density at radius 3 is 2.93 bits per heavy atom. The number of carboxylic acids is 1. The molecule has 0 aliphatic carbocycles. The van der Waals surface area contributed by atoms with E-state index in [-0.39, 0.29) is 11.3 Å². The minimum Gasteiger partial charge on any atom is -0.598 e. The highest BCUT2D eigenvalue weighted by atomic mass is 32.2. The van der Waals surface area contributed by atoms with Gasteiger partial charge in [0, 0.05) is 30.0 Å². The van der Waals surface area contributed by atoms with E-state index in [1.165, 1.54) is 17.2 Å². The van der Waals surface area contributed by atoms with E-state index in [9.17, 15) is 19.5 Å². The number of carboxylic acid groups (broad SMARTS) is 1. The van der Waals surface area contributed by atoms with Crippen molar-refractivity contribution in [2.75, 3.05) is 0 Å². The van der Waals surface area contributed by atoms with Crippen LogP contribution in [0.25, 0.3) is 0 Å². The Morgan fingerprint density at radius 2 is 2.11 bits per heavy atom. The quantitative estimate of drug-likeness (QED) is 0.443. The van der Waals surface area contributed by atoms with Crippen LogP contribution in [0.15, 0.2) is 36.4 Å². The first kappa shape index (κ1) is 18.3. The number of hydrogen-bond donors (Lipinski definition) is 4. The van der Waals surface area contributed by atoms with Gasteiger partial charge in [0.15, 0.2) is 5.75 Å². The fourth-order valence-electron chi connectivity index (χ4n) is 3.49. The van der Waals surface area contributed by atoms with Gasteiger partial charge in [0.25, 0.3) is 0 Å². The topological polar surface area (TPSA) is 114 Å². The summed E-state index contributed by atoms with van der Waals surface area (Å²) in [7, 11) is -1.27. The molecule has 140 valence electrons. The maximum absolute atomic E-state index is 12.5. The lowest BCUT2D eigenvalue weighted by atomic mass is 9.73. The second-order valence-corrected chi connectivity index (χ2v) is 7.95. The Labute approximate surface area is 160 Å². The molecule has 7 nitrogen and oxygen atoms in total. The number of aromatic carboxylic acids is 1. The molecular weight excluding hydrogens is 367 g/mol. The van der Waals surface area contributed by atoms with Crippen molar-refractivity contribution in [3.05, 3.63) is 64.2 Å². The smallest absolute Gasteiger partial charge is 0.545 e. The maximum Gasteiger partial charge on any atom is 0.545 e. The molecule has 9 heteroatoms. The van der Waals surface area contributed by atoms with Crippen LogP contribution in [0.5, 0.6) is 5.75 Å². The molecule has 0 saturated carbocycles. The van der Waals surface area contributed by atoms with Gasteiger partial charge in [-0.05, 0) is 35.2 Å². The largest absolute Gasteiger partial charge is 0.598 e. The summed E-state index contributed by atoms with van der Waals surface area (Å²) in [5, 5.41) is 22.8. The Kier molecular flexibility index (Phi) is 5.11. The molecule has 2 heterocycles. The van der Waals surface area contributed by atoms with E-state index in [0.29, 0.717) is 17.7 Å². The van der Waals surface area contributed by atoms with Gasteiger partial charge < -0.3 is 24.7 Å². The van der Waals surface area contributed by atoms with Gasteiger partial charge in [-0.2, -0.15) is 0 Å². The van der Waals surface area contributed by atoms with E-state index < -0.39 is 30.4 Å². The minimum atomic E-state index is -1.40. The minimum absolute atomic E-state index is 0.0119. The van der Waals surface area contributed by atoms with Crippen LogP contribution >= 0.6 is 0 Å². The number of hydrogen-bond acceptors (Lipinski definition) is 6. The second kappa shape index (κ2) is 7.53. The third kappa shape index (κ3) is 3.83. The normalized spacial score (nSPS) is 19.2. The molecule has 0 aromatic heterocycles. The molecular formula is C18H19BN2O5S. The van der Waals surface area contributed by atoms with Gasteiger partial charge in [0.1, 0.15) is 11.7 Å². The van der Waals surface area contributed by atoms with Crippen molar-refractivity contribution in [1.82, 2.24) is 10.0 Å². The second-order valence-electron chi connectivity index (χ2n) is 6.73. The number of fused-ring (bicyclic) bond motifs is 2. The number of nitrogens with one attached hydrogen (secondary N) is 2. The zero-order chi connectivity index (χ0) is 19.0. The molecule has 0 bridgehead atoms. The molecule has 0 spiro atoms. The lowest BCUT2D eigenvalue weighted by Crippen LogP contribution is -2.53. The van der Waals surface area contributed by atoms with Crippen LogP contribution in [0, 0.1) is 0 Å². The number of para-hydroxylation sites is 1. The summed E-state index contributed by atoms with van der Waals surface area (Å²) in [5.74, 6) is -1.20. The fourth-order valence-corrected chi connectivity index (χ4v) is 4.60. The monoisotopic (exact) mass is 386 g/mol. The van der Waals surface area contributed by atoms with Gasteiger partial charge in [-0.3, -0.25) is 0 Å². The van der Waals surface area contributed by atoms with Crippen molar-refractivity contribution in [1.29, 1.82) is 0 Å². The lowest BCUT2D eigenvalue weighted by molar-refractivity contribution is 0.0694. The first-order chi connectivity index (χ1) is 13.0. The van der Waals surface area contributed by atoms with Gasteiger partial charge in [0.2, 0.25) is 0 Å². The van der Waals surface area contributed by atoms with Crippen LogP contribution < -0.4 is 14.7 Å². The average Bonchev–Trinajstić information content (AvgIpc) is 3.09. The summed E-state index contributed by atoms with van der Waals surface area (Å²) in [5.41, 5.74) is 4.12. The molecule has 27 heavy (non-hydrogen) atoms. The highest BCUT2D eigenvalue weighted by molar-refractivity contribution is 7.88. The summed E-state index contributed by atoms with van der Waals surface area (Å²) in [6.07, 6.45) is 0.331. The van der Waals surface area contributed by atoms with Gasteiger partial charge in [-0.1, -0.05) is 24.3 Å². The molecule has 2 atom stereocenters. The SMILES string of the molecule is O=C(O)c1cccc2c1OB(O)C(N[S+]([O-])Cc1ccc3c(c1)CNC3)C2. The molecule has 0 saturated heterocycles. The Morgan fingerprint density at radius 1 is 1.30 bits per heavy atom. The van der Waals surface area contributed by atoms with Crippen LogP contribution in [0.4, 0.5) is 0 Å². The van der Waals surface area contributed by atoms with Crippen molar-refractivity contribution in [3.8, 4) is 5.75 Å². The Hall–Kier alpha value is -2.04. The molecule has 4 N–H and O–H groups in total. The van der Waals surface area contributed by atoms with Crippen LogP contribution in [0.3, 0.4) is 0 Å². The average molecular weight is 386 g/mol. The molecule has 2 aliphatic heterocycles. The van der Waals surface area contributed by atoms with Crippen LogP contribution in [0.2, 0.25) is 0 Å². The fraction of sp³-hybridized carbons (Fsp3) is 0.278. The molecule has 0 radical (unpaired) electrons. The third-order valence-electron chi connectivity index (χ3n) is 4.83. The maximum atomic E-state index is 12.5.